The summed E-state index contributed by atoms with van der Waals surface area (Å²) in [5.41, 5.74) is -0.0661. The molecule has 0 spiro atoms. The van der Waals surface area contributed by atoms with Crippen molar-refractivity contribution in [3.8, 4) is 6.07 Å². The molecule has 0 radical (unpaired) electrons. The molecule has 0 bridgehead atoms. The van der Waals surface area contributed by atoms with Crippen LogP contribution >= 0.6 is 0 Å². The maximum Gasteiger partial charge on any atom is 0.0683 e. The first-order valence-corrected chi connectivity index (χ1v) is 6.48. The van der Waals surface area contributed by atoms with Gasteiger partial charge < -0.3 is 10.4 Å². The molecule has 0 rings (SSSR count). The highest BCUT2D eigenvalue weighted by atomic mass is 16.3. The highest BCUT2D eigenvalue weighted by molar-refractivity contribution is 4.91. The van der Waals surface area contributed by atoms with Gasteiger partial charge >= 0.3 is 0 Å². The topological polar surface area (TPSA) is 56.0 Å². The fourth-order valence-corrected chi connectivity index (χ4v) is 1.83. The quantitative estimate of drug-likeness (QED) is 0.673. The van der Waals surface area contributed by atoms with Gasteiger partial charge in [-0.15, -0.1) is 0 Å². The summed E-state index contributed by atoms with van der Waals surface area (Å²) in [6, 6.07) is 2.65. The third-order valence-electron chi connectivity index (χ3n) is 3.14. The van der Waals surface area contributed by atoms with Gasteiger partial charge in [0, 0.05) is 12.6 Å². The molecular formula is C14H28N2O. The Labute approximate surface area is 106 Å². The van der Waals surface area contributed by atoms with Gasteiger partial charge in [-0.1, -0.05) is 20.8 Å². The minimum Gasteiger partial charge on any atom is -0.396 e. The molecule has 1 unspecified atom stereocenters. The molecule has 0 heterocycles. The van der Waals surface area contributed by atoms with E-state index in [1.165, 1.54) is 0 Å². The van der Waals surface area contributed by atoms with Gasteiger partial charge in [0.15, 0.2) is 0 Å². The van der Waals surface area contributed by atoms with E-state index in [9.17, 15) is 0 Å². The van der Waals surface area contributed by atoms with Crippen LogP contribution in [0.25, 0.3) is 0 Å². The predicted octanol–water partition coefficient (Wildman–Crippen LogP) is 2.70. The van der Waals surface area contributed by atoms with E-state index < -0.39 is 0 Å². The van der Waals surface area contributed by atoms with Gasteiger partial charge in [0.1, 0.15) is 0 Å². The van der Waals surface area contributed by atoms with Gasteiger partial charge in [0.25, 0.3) is 0 Å². The maximum absolute atomic E-state index is 9.04. The third kappa shape index (κ3) is 7.36. The van der Waals surface area contributed by atoms with Crippen LogP contribution in [0.15, 0.2) is 0 Å². The Kier molecular flexibility index (Phi) is 6.74. The molecule has 3 heteroatoms. The lowest BCUT2D eigenvalue weighted by molar-refractivity contribution is 0.196. The van der Waals surface area contributed by atoms with Gasteiger partial charge in [0.05, 0.1) is 11.5 Å². The fourth-order valence-electron chi connectivity index (χ4n) is 1.83. The van der Waals surface area contributed by atoms with E-state index in [0.29, 0.717) is 6.04 Å². The Bertz CT molecular complexity index is 248. The van der Waals surface area contributed by atoms with E-state index in [0.717, 1.165) is 25.8 Å². The first-order valence-electron chi connectivity index (χ1n) is 6.48. The van der Waals surface area contributed by atoms with Gasteiger partial charge in [-0.3, -0.25) is 0 Å². The Morgan fingerprint density at radius 2 is 1.82 bits per heavy atom. The summed E-state index contributed by atoms with van der Waals surface area (Å²) in [6.45, 7) is 11.6. The highest BCUT2D eigenvalue weighted by Crippen LogP contribution is 2.23. The van der Waals surface area contributed by atoms with E-state index in [2.05, 4.69) is 32.2 Å². The second kappa shape index (κ2) is 6.98. The van der Waals surface area contributed by atoms with E-state index in [4.69, 9.17) is 10.4 Å². The molecule has 0 aliphatic rings. The maximum atomic E-state index is 9.04. The number of nitrogens with zero attached hydrogens (tertiary/aromatic N) is 1. The van der Waals surface area contributed by atoms with Gasteiger partial charge in [-0.2, -0.15) is 5.26 Å². The van der Waals surface area contributed by atoms with Crippen molar-refractivity contribution in [2.75, 3.05) is 13.2 Å². The van der Waals surface area contributed by atoms with Crippen molar-refractivity contribution in [3.63, 3.8) is 0 Å². The first-order chi connectivity index (χ1) is 7.73. The summed E-state index contributed by atoms with van der Waals surface area (Å²) >= 11 is 0. The van der Waals surface area contributed by atoms with Crippen LogP contribution in [0.1, 0.15) is 53.9 Å². The van der Waals surface area contributed by atoms with Crippen LogP contribution in [0.4, 0.5) is 0 Å². The predicted molar refractivity (Wildman–Crippen MR) is 71.6 cm³/mol. The number of aliphatic hydroxyl groups excluding tert-OH is 1. The average molecular weight is 240 g/mol. The molecule has 0 aliphatic heterocycles. The number of aliphatic hydroxyl groups is 1. The fraction of sp³-hybridized carbons (Fsp3) is 0.929. The number of nitriles is 1. The monoisotopic (exact) mass is 240 g/mol. The summed E-state index contributed by atoms with van der Waals surface area (Å²) in [5.74, 6) is 0. The lowest BCUT2D eigenvalue weighted by Gasteiger charge is -2.31. The largest absolute Gasteiger partial charge is 0.396 e. The summed E-state index contributed by atoms with van der Waals surface area (Å²) in [6.07, 6.45) is 2.69. The lowest BCUT2D eigenvalue weighted by Crippen LogP contribution is -2.41. The van der Waals surface area contributed by atoms with E-state index in [1.807, 2.05) is 13.8 Å². The second-order valence-corrected chi connectivity index (χ2v) is 6.48. The van der Waals surface area contributed by atoms with E-state index in [-0.39, 0.29) is 17.4 Å². The molecule has 2 N–H and O–H groups in total. The molecule has 0 aliphatic carbocycles. The Morgan fingerprint density at radius 3 is 2.24 bits per heavy atom. The van der Waals surface area contributed by atoms with Gasteiger partial charge in [-0.25, -0.2) is 0 Å². The SMILES string of the molecule is CC(C)(C#N)CCCNC(CCO)C(C)(C)C. The number of nitrogens with one attached hydrogen (secondary N) is 1. The zero-order valence-electron chi connectivity index (χ0n) is 12.0. The van der Waals surface area contributed by atoms with Gasteiger partial charge in [-0.05, 0) is 45.1 Å². The molecule has 0 aromatic rings. The lowest BCUT2D eigenvalue weighted by atomic mass is 9.84. The molecule has 0 aromatic carbocycles. The van der Waals surface area contributed by atoms with Crippen molar-refractivity contribution in [1.82, 2.24) is 5.32 Å². The van der Waals surface area contributed by atoms with Crippen LogP contribution in [-0.4, -0.2) is 24.3 Å². The molecule has 1 atom stereocenters. The number of hydrogen-bond acceptors (Lipinski definition) is 3. The Morgan fingerprint density at radius 1 is 1.24 bits per heavy atom. The zero-order chi connectivity index (χ0) is 13.5. The molecular weight excluding hydrogens is 212 g/mol. The molecule has 0 saturated carbocycles. The Hall–Kier alpha value is -0.590. The van der Waals surface area contributed by atoms with Crippen LogP contribution in [0.2, 0.25) is 0 Å². The van der Waals surface area contributed by atoms with E-state index >= 15 is 0 Å². The average Bonchev–Trinajstić information content (AvgIpc) is 2.21. The van der Waals surface area contributed by atoms with E-state index in [1.54, 1.807) is 0 Å². The standard InChI is InChI=1S/C14H28N2O/c1-13(2,3)12(7-10-17)16-9-6-8-14(4,5)11-15/h12,16-17H,6-10H2,1-5H3. The van der Waals surface area contributed by atoms with Crippen molar-refractivity contribution in [1.29, 1.82) is 5.26 Å². The number of rotatable bonds is 7. The van der Waals surface area contributed by atoms with Crippen LogP contribution < -0.4 is 5.32 Å². The van der Waals surface area contributed by atoms with Gasteiger partial charge in [0.2, 0.25) is 0 Å². The van der Waals surface area contributed by atoms with Crippen LogP contribution in [0.3, 0.4) is 0 Å². The van der Waals surface area contributed by atoms with Crippen LogP contribution in [0, 0.1) is 22.2 Å². The van der Waals surface area contributed by atoms with Crippen molar-refractivity contribution >= 4 is 0 Å². The molecule has 0 aromatic heterocycles. The molecule has 17 heavy (non-hydrogen) atoms. The number of hydrogen-bond donors (Lipinski definition) is 2. The molecule has 0 fully saturated rings. The van der Waals surface area contributed by atoms with Crippen LogP contribution in [0.5, 0.6) is 0 Å². The summed E-state index contributed by atoms with van der Waals surface area (Å²) in [4.78, 5) is 0. The molecule has 3 nitrogen and oxygen atoms in total. The summed E-state index contributed by atoms with van der Waals surface area (Å²) in [5, 5.41) is 21.4. The zero-order valence-corrected chi connectivity index (χ0v) is 12.0. The summed E-state index contributed by atoms with van der Waals surface area (Å²) in [7, 11) is 0. The summed E-state index contributed by atoms with van der Waals surface area (Å²) < 4.78 is 0. The molecule has 100 valence electrons. The normalized spacial score (nSPS) is 14.4. The minimum atomic E-state index is -0.226. The van der Waals surface area contributed by atoms with Crippen molar-refractivity contribution in [2.45, 2.75) is 59.9 Å². The molecule has 0 saturated heterocycles. The second-order valence-electron chi connectivity index (χ2n) is 6.48. The first kappa shape index (κ1) is 16.4. The van der Waals surface area contributed by atoms with Crippen molar-refractivity contribution in [2.24, 2.45) is 10.8 Å². The Balaban J connectivity index is 3.97. The third-order valence-corrected chi connectivity index (χ3v) is 3.14. The smallest absolute Gasteiger partial charge is 0.0683 e. The van der Waals surface area contributed by atoms with Crippen molar-refractivity contribution < 1.29 is 5.11 Å². The van der Waals surface area contributed by atoms with Crippen molar-refractivity contribution in [3.05, 3.63) is 0 Å². The molecule has 0 amide bonds. The van der Waals surface area contributed by atoms with Crippen LogP contribution in [-0.2, 0) is 0 Å². The minimum absolute atomic E-state index is 0.160. The highest BCUT2D eigenvalue weighted by Gasteiger charge is 2.23.